The molecule has 1 aromatic heterocycles. The Morgan fingerprint density at radius 2 is 2.25 bits per heavy atom. The Morgan fingerprint density at radius 1 is 1.50 bits per heavy atom. The van der Waals surface area contributed by atoms with E-state index in [0.717, 1.165) is 0 Å². The molecule has 0 fully saturated rings. The van der Waals surface area contributed by atoms with Crippen LogP contribution in [0.3, 0.4) is 0 Å². The molecular weight excluding hydrogens is 98.9 g/mol. The average Bonchev–Trinajstić information content (AvgIpc) is 1.77. The molecule has 0 saturated heterocycles. The van der Waals surface area contributed by atoms with Gasteiger partial charge in [-0.15, -0.1) is 0 Å². The van der Waals surface area contributed by atoms with Crippen LogP contribution in [0.2, 0.25) is 0 Å². The quantitative estimate of drug-likeness (QED) is 0.449. The van der Waals surface area contributed by atoms with Crippen LogP contribution in [0, 0.1) is 0 Å². The van der Waals surface area contributed by atoms with Crippen molar-refractivity contribution in [1.29, 1.82) is 0 Å². The van der Waals surface area contributed by atoms with Crippen LogP contribution in [0.5, 0.6) is 0 Å². The number of pyridine rings is 1. The van der Waals surface area contributed by atoms with Gasteiger partial charge in [-0.05, 0) is 17.7 Å². The van der Waals surface area contributed by atoms with Gasteiger partial charge in [-0.2, -0.15) is 0 Å². The van der Waals surface area contributed by atoms with E-state index in [0.29, 0.717) is 11.3 Å². The normalized spacial score (nSPS) is 9.00. The maximum atomic E-state index is 5.31. The van der Waals surface area contributed by atoms with Gasteiger partial charge >= 0.3 is 0 Å². The fourth-order valence-electron chi connectivity index (χ4n) is 0.417. The largest absolute Gasteiger partial charge is 0.397 e. The lowest BCUT2D eigenvalue weighted by molar-refractivity contribution is 1.39. The van der Waals surface area contributed by atoms with Crippen molar-refractivity contribution in [2.75, 3.05) is 5.73 Å². The zero-order valence-corrected chi connectivity index (χ0v) is 4.33. The Kier molecular flexibility index (Phi) is 1.20. The predicted octanol–water partition coefficient (Wildman–Crippen LogP) is -0.542. The third-order valence-electron chi connectivity index (χ3n) is 0.809. The van der Waals surface area contributed by atoms with E-state index in [1.807, 2.05) is 0 Å². The second kappa shape index (κ2) is 1.86. The summed E-state index contributed by atoms with van der Waals surface area (Å²) in [5.41, 5.74) is 6.45. The summed E-state index contributed by atoms with van der Waals surface area (Å²) in [6.07, 6.45) is 1.52. The van der Waals surface area contributed by atoms with Crippen molar-refractivity contribution in [2.24, 2.45) is 0 Å². The van der Waals surface area contributed by atoms with Crippen molar-refractivity contribution in [1.82, 2.24) is 4.98 Å². The number of hydrogen-bond acceptors (Lipinski definition) is 2. The average molecular weight is 104 g/mol. The summed E-state index contributed by atoms with van der Waals surface area (Å²) in [4.78, 5) is 3.73. The van der Waals surface area contributed by atoms with Gasteiger partial charge in [0.25, 0.3) is 0 Å². The number of nitrogens with zero attached hydrogens (tertiary/aromatic N) is 1. The molecule has 1 aromatic rings. The van der Waals surface area contributed by atoms with Crippen molar-refractivity contribution >= 4 is 19.1 Å². The number of nitrogen functional groups attached to an aromatic ring is 1. The second-order valence-corrected chi connectivity index (χ2v) is 1.52. The first-order valence-electron chi connectivity index (χ1n) is 2.26. The van der Waals surface area contributed by atoms with Gasteiger partial charge in [-0.1, -0.05) is 0 Å². The Morgan fingerprint density at radius 3 is 2.62 bits per heavy atom. The summed E-state index contributed by atoms with van der Waals surface area (Å²) in [5.74, 6) is 0. The molecule has 1 heterocycles. The molecule has 0 saturated carbocycles. The number of aromatic nitrogens is 1. The Hall–Kier alpha value is -0.985. The van der Waals surface area contributed by atoms with Crippen molar-refractivity contribution in [3.05, 3.63) is 18.3 Å². The molecule has 38 valence electrons. The highest BCUT2D eigenvalue weighted by Crippen LogP contribution is 1.90. The summed E-state index contributed by atoms with van der Waals surface area (Å²) in [6, 6.07) is 3.37. The van der Waals surface area contributed by atoms with Crippen molar-refractivity contribution in [2.45, 2.75) is 0 Å². The van der Waals surface area contributed by atoms with Gasteiger partial charge in [-0.25, -0.2) is 0 Å². The molecule has 0 aliphatic carbocycles. The minimum Gasteiger partial charge on any atom is -0.397 e. The van der Waals surface area contributed by atoms with Crippen molar-refractivity contribution in [3.8, 4) is 0 Å². The maximum absolute atomic E-state index is 5.31. The summed E-state index contributed by atoms with van der Waals surface area (Å²) in [5, 5.41) is 0. The number of hydrogen-bond donors (Lipinski definition) is 1. The highest BCUT2D eigenvalue weighted by molar-refractivity contribution is 6.30. The molecular formula is C5H5BN2. The zero-order chi connectivity index (χ0) is 5.98. The molecule has 0 amide bonds. The lowest BCUT2D eigenvalue weighted by Crippen LogP contribution is -2.06. The van der Waals surface area contributed by atoms with Crippen LogP contribution < -0.4 is 11.3 Å². The van der Waals surface area contributed by atoms with Crippen LogP contribution in [0.4, 0.5) is 5.69 Å². The summed E-state index contributed by atoms with van der Waals surface area (Å²) in [7, 11) is 5.26. The summed E-state index contributed by atoms with van der Waals surface area (Å²) in [6.45, 7) is 0. The van der Waals surface area contributed by atoms with E-state index >= 15 is 0 Å². The van der Waals surface area contributed by atoms with E-state index in [9.17, 15) is 0 Å². The van der Waals surface area contributed by atoms with Crippen LogP contribution in [-0.4, -0.2) is 12.8 Å². The number of nitrogens with two attached hydrogens (primary N) is 1. The van der Waals surface area contributed by atoms with E-state index in [-0.39, 0.29) is 0 Å². The van der Waals surface area contributed by atoms with Crippen LogP contribution in [-0.2, 0) is 0 Å². The van der Waals surface area contributed by atoms with Gasteiger partial charge in [0.1, 0.15) is 7.85 Å². The maximum Gasteiger partial charge on any atom is 0.141 e. The molecule has 0 aromatic carbocycles. The molecule has 0 bridgehead atoms. The monoisotopic (exact) mass is 104 g/mol. The van der Waals surface area contributed by atoms with Crippen LogP contribution >= 0.6 is 0 Å². The van der Waals surface area contributed by atoms with E-state index in [4.69, 9.17) is 13.6 Å². The van der Waals surface area contributed by atoms with Gasteiger partial charge in [0.05, 0.1) is 0 Å². The van der Waals surface area contributed by atoms with Crippen LogP contribution in [0.25, 0.3) is 0 Å². The molecule has 2 N–H and O–H groups in total. The zero-order valence-electron chi connectivity index (χ0n) is 4.33. The van der Waals surface area contributed by atoms with Crippen molar-refractivity contribution in [3.63, 3.8) is 0 Å². The molecule has 0 aliphatic heterocycles. The first-order valence-corrected chi connectivity index (χ1v) is 2.26. The molecule has 0 atom stereocenters. The van der Waals surface area contributed by atoms with Gasteiger partial charge in [0.2, 0.25) is 0 Å². The minimum absolute atomic E-state index is 0.499. The topological polar surface area (TPSA) is 38.9 Å². The molecule has 0 unspecified atom stereocenters. The van der Waals surface area contributed by atoms with Crippen LogP contribution in [0.15, 0.2) is 18.3 Å². The number of rotatable bonds is 0. The molecule has 1 rings (SSSR count). The van der Waals surface area contributed by atoms with Gasteiger partial charge < -0.3 is 5.73 Å². The van der Waals surface area contributed by atoms with Gasteiger partial charge in [0, 0.05) is 11.9 Å². The first-order chi connectivity index (χ1) is 3.79. The fourth-order valence-corrected chi connectivity index (χ4v) is 0.417. The molecule has 2 nitrogen and oxygen atoms in total. The lowest BCUT2D eigenvalue weighted by Gasteiger charge is -1.90. The summed E-state index contributed by atoms with van der Waals surface area (Å²) >= 11 is 0. The lowest BCUT2D eigenvalue weighted by atomic mass is 10.0. The van der Waals surface area contributed by atoms with Crippen molar-refractivity contribution < 1.29 is 0 Å². The Balaban J connectivity index is 3.03. The third-order valence-corrected chi connectivity index (χ3v) is 0.809. The smallest absolute Gasteiger partial charge is 0.141 e. The Bertz CT molecular complexity index is 149. The third kappa shape index (κ3) is 0.995. The SMILES string of the molecule is [B]c1ccc(N)cn1. The fraction of sp³-hybridized carbons (Fsp3) is 0. The van der Waals surface area contributed by atoms with E-state index in [2.05, 4.69) is 4.98 Å². The molecule has 0 aliphatic rings. The molecule has 3 heteroatoms. The molecule has 0 spiro atoms. The van der Waals surface area contributed by atoms with Gasteiger partial charge in [0.15, 0.2) is 0 Å². The van der Waals surface area contributed by atoms with Crippen LogP contribution in [0.1, 0.15) is 0 Å². The second-order valence-electron chi connectivity index (χ2n) is 1.52. The minimum atomic E-state index is 0.499. The first kappa shape index (κ1) is 5.16. The van der Waals surface area contributed by atoms with E-state index in [1.165, 1.54) is 6.20 Å². The highest BCUT2D eigenvalue weighted by atomic mass is 14.7. The van der Waals surface area contributed by atoms with Gasteiger partial charge in [-0.3, -0.25) is 4.98 Å². The summed E-state index contributed by atoms with van der Waals surface area (Å²) < 4.78 is 0. The van der Waals surface area contributed by atoms with E-state index in [1.54, 1.807) is 12.1 Å². The highest BCUT2D eigenvalue weighted by Gasteiger charge is 1.81. The predicted molar refractivity (Wildman–Crippen MR) is 34.0 cm³/mol. The molecule has 2 radical (unpaired) electrons. The number of anilines is 1. The molecule has 8 heavy (non-hydrogen) atoms. The Labute approximate surface area is 49.1 Å². The standard InChI is InChI=1S/C5H5BN2/c6-5-2-1-4(7)3-8-5/h1-3H,7H2. The van der Waals surface area contributed by atoms with E-state index < -0.39 is 0 Å².